The number of hydrogen-bond donors (Lipinski definition) is 1. The van der Waals surface area contributed by atoms with Gasteiger partial charge in [-0.1, -0.05) is 67.8 Å². The first-order chi connectivity index (χ1) is 16.0. The van der Waals surface area contributed by atoms with Gasteiger partial charge in [-0.2, -0.15) is 0 Å². The number of aromatic nitrogens is 2. The molecule has 3 aromatic rings. The van der Waals surface area contributed by atoms with Crippen LogP contribution in [0.3, 0.4) is 0 Å². The second kappa shape index (κ2) is 10.5. The van der Waals surface area contributed by atoms with Gasteiger partial charge in [-0.25, -0.2) is 0 Å². The van der Waals surface area contributed by atoms with E-state index < -0.39 is 5.60 Å². The maximum absolute atomic E-state index is 12.0. The van der Waals surface area contributed by atoms with Crippen molar-refractivity contribution in [1.29, 1.82) is 0 Å². The van der Waals surface area contributed by atoms with E-state index in [0.717, 1.165) is 50.0 Å². The molecule has 1 saturated carbocycles. The molecule has 4 rings (SSSR count). The predicted molar refractivity (Wildman–Crippen MR) is 128 cm³/mol. The monoisotopic (exact) mass is 450 g/mol. The Labute approximate surface area is 196 Å². The molecule has 0 amide bonds. The van der Waals surface area contributed by atoms with Crippen LogP contribution in [0.2, 0.25) is 0 Å². The van der Waals surface area contributed by atoms with Crippen LogP contribution in [0.15, 0.2) is 65.1 Å². The van der Waals surface area contributed by atoms with Gasteiger partial charge in [-0.15, -0.1) is 10.2 Å². The van der Waals surface area contributed by atoms with Crippen molar-refractivity contribution in [2.24, 2.45) is 5.92 Å². The highest BCUT2D eigenvalue weighted by atomic mass is 16.5. The topological polar surface area (TPSA) is 68.4 Å². The average molecular weight is 451 g/mol. The van der Waals surface area contributed by atoms with E-state index in [4.69, 9.17) is 9.15 Å². The molecule has 1 aromatic heterocycles. The SMILES string of the molecule is C[N+](C)(CCCOc1ccccc1)Cc1nnc(C(O)(c2ccccc2)C2CCCCC2)o1. The van der Waals surface area contributed by atoms with Gasteiger partial charge in [-0.05, 0) is 30.5 Å². The fourth-order valence-corrected chi connectivity index (χ4v) is 4.86. The number of para-hydroxylation sites is 1. The first kappa shape index (κ1) is 23.5. The minimum absolute atomic E-state index is 0.0829. The van der Waals surface area contributed by atoms with E-state index in [1.165, 1.54) is 6.42 Å². The second-order valence-corrected chi connectivity index (χ2v) is 9.80. The van der Waals surface area contributed by atoms with Gasteiger partial charge >= 0.3 is 0 Å². The molecule has 1 aliphatic rings. The fourth-order valence-electron chi connectivity index (χ4n) is 4.86. The summed E-state index contributed by atoms with van der Waals surface area (Å²) in [6, 6.07) is 19.7. The summed E-state index contributed by atoms with van der Waals surface area (Å²) in [7, 11) is 4.30. The number of aliphatic hydroxyl groups is 1. The molecule has 33 heavy (non-hydrogen) atoms. The molecule has 6 heteroatoms. The molecular formula is C27H36N3O3+. The summed E-state index contributed by atoms with van der Waals surface area (Å²) in [5, 5.41) is 20.7. The van der Waals surface area contributed by atoms with Gasteiger partial charge in [-0.3, -0.25) is 0 Å². The third-order valence-corrected chi connectivity index (χ3v) is 6.69. The smallest absolute Gasteiger partial charge is 0.271 e. The zero-order valence-corrected chi connectivity index (χ0v) is 19.8. The van der Waals surface area contributed by atoms with Gasteiger partial charge in [0, 0.05) is 12.3 Å². The van der Waals surface area contributed by atoms with Gasteiger partial charge in [0.25, 0.3) is 11.8 Å². The van der Waals surface area contributed by atoms with E-state index in [-0.39, 0.29) is 5.92 Å². The number of nitrogens with zero attached hydrogens (tertiary/aromatic N) is 3. The molecule has 6 nitrogen and oxygen atoms in total. The standard InChI is InChI=1S/C27H36N3O3/c1-30(2,19-12-20-32-24-17-10-5-11-18-24)21-25-28-29-26(33-25)27(31,22-13-6-3-7-14-22)23-15-8-4-9-16-23/h3,5-7,10-11,13-14,17-18,23,31H,4,8-9,12,15-16,19-21H2,1-2H3/q+1. The number of hydrogen-bond acceptors (Lipinski definition) is 5. The van der Waals surface area contributed by atoms with Crippen molar-refractivity contribution in [3.63, 3.8) is 0 Å². The van der Waals surface area contributed by atoms with Crippen molar-refractivity contribution >= 4 is 0 Å². The lowest BCUT2D eigenvalue weighted by Crippen LogP contribution is -2.40. The summed E-state index contributed by atoms with van der Waals surface area (Å²) in [4.78, 5) is 0. The second-order valence-electron chi connectivity index (χ2n) is 9.80. The van der Waals surface area contributed by atoms with Crippen LogP contribution in [0.1, 0.15) is 55.9 Å². The average Bonchev–Trinajstić information content (AvgIpc) is 3.31. The maximum atomic E-state index is 12.0. The minimum Gasteiger partial charge on any atom is -0.493 e. The number of benzene rings is 2. The van der Waals surface area contributed by atoms with Crippen LogP contribution in [-0.2, 0) is 12.1 Å². The van der Waals surface area contributed by atoms with Crippen molar-refractivity contribution in [2.75, 3.05) is 27.2 Å². The molecule has 1 N–H and O–H groups in total. The summed E-state index contributed by atoms with van der Waals surface area (Å²) >= 11 is 0. The quantitative estimate of drug-likeness (QED) is 0.350. The Morgan fingerprint density at radius 3 is 2.33 bits per heavy atom. The Hall–Kier alpha value is -2.70. The minimum atomic E-state index is -1.24. The van der Waals surface area contributed by atoms with Gasteiger partial charge in [0.1, 0.15) is 5.75 Å². The Balaban J connectivity index is 1.42. The van der Waals surface area contributed by atoms with Crippen LogP contribution in [0, 0.1) is 5.92 Å². The lowest BCUT2D eigenvalue weighted by Gasteiger charge is -2.36. The molecular weight excluding hydrogens is 414 g/mol. The van der Waals surface area contributed by atoms with E-state index in [2.05, 4.69) is 24.3 Å². The fraction of sp³-hybridized carbons (Fsp3) is 0.481. The maximum Gasteiger partial charge on any atom is 0.271 e. The molecule has 0 saturated heterocycles. The van der Waals surface area contributed by atoms with Crippen molar-refractivity contribution in [3.05, 3.63) is 78.0 Å². The number of quaternary nitrogens is 1. The summed E-state index contributed by atoms with van der Waals surface area (Å²) in [6.45, 7) is 2.18. The predicted octanol–water partition coefficient (Wildman–Crippen LogP) is 4.93. The van der Waals surface area contributed by atoms with Crippen LogP contribution < -0.4 is 4.74 Å². The lowest BCUT2D eigenvalue weighted by atomic mass is 9.73. The van der Waals surface area contributed by atoms with Crippen LogP contribution >= 0.6 is 0 Å². The largest absolute Gasteiger partial charge is 0.493 e. The number of ether oxygens (including phenoxy) is 1. The van der Waals surface area contributed by atoms with Crippen molar-refractivity contribution in [2.45, 2.75) is 50.7 Å². The Bertz CT molecular complexity index is 984. The molecule has 1 aliphatic carbocycles. The third-order valence-electron chi connectivity index (χ3n) is 6.69. The molecule has 0 bridgehead atoms. The molecule has 2 aromatic carbocycles. The zero-order chi connectivity index (χ0) is 23.2. The van der Waals surface area contributed by atoms with Crippen LogP contribution in [0.5, 0.6) is 5.75 Å². The Morgan fingerprint density at radius 2 is 1.64 bits per heavy atom. The molecule has 0 aliphatic heterocycles. The molecule has 1 fully saturated rings. The first-order valence-corrected chi connectivity index (χ1v) is 12.1. The van der Waals surface area contributed by atoms with Crippen molar-refractivity contribution in [1.82, 2.24) is 10.2 Å². The van der Waals surface area contributed by atoms with E-state index in [9.17, 15) is 5.11 Å². The van der Waals surface area contributed by atoms with E-state index in [0.29, 0.717) is 29.4 Å². The van der Waals surface area contributed by atoms with Crippen molar-refractivity contribution < 1.29 is 18.7 Å². The summed E-state index contributed by atoms with van der Waals surface area (Å²) in [6.07, 6.45) is 6.30. The highest BCUT2D eigenvalue weighted by molar-refractivity contribution is 5.29. The summed E-state index contributed by atoms with van der Waals surface area (Å²) in [5.74, 6) is 1.86. The molecule has 176 valence electrons. The molecule has 1 heterocycles. The van der Waals surface area contributed by atoms with Crippen molar-refractivity contribution in [3.8, 4) is 5.75 Å². The third kappa shape index (κ3) is 5.81. The van der Waals surface area contributed by atoms with E-state index >= 15 is 0 Å². The van der Waals surface area contributed by atoms with Gasteiger partial charge < -0.3 is 18.7 Å². The van der Waals surface area contributed by atoms with E-state index in [1.54, 1.807) is 0 Å². The molecule has 0 spiro atoms. The normalized spacial score (nSPS) is 16.9. The highest BCUT2D eigenvalue weighted by Gasteiger charge is 2.45. The Kier molecular flexibility index (Phi) is 7.46. The zero-order valence-electron chi connectivity index (χ0n) is 19.8. The molecule has 0 radical (unpaired) electrons. The first-order valence-electron chi connectivity index (χ1n) is 12.1. The number of rotatable bonds is 10. The summed E-state index contributed by atoms with van der Waals surface area (Å²) in [5.41, 5.74) is -0.410. The van der Waals surface area contributed by atoms with Crippen LogP contribution in [-0.4, -0.2) is 47.0 Å². The molecule has 1 unspecified atom stereocenters. The molecule has 1 atom stereocenters. The van der Waals surface area contributed by atoms with Crippen LogP contribution in [0.4, 0.5) is 0 Å². The van der Waals surface area contributed by atoms with Gasteiger partial charge in [0.05, 0.1) is 27.2 Å². The van der Waals surface area contributed by atoms with Gasteiger partial charge in [0.2, 0.25) is 0 Å². The summed E-state index contributed by atoms with van der Waals surface area (Å²) < 4.78 is 12.7. The van der Waals surface area contributed by atoms with Crippen LogP contribution in [0.25, 0.3) is 0 Å². The Morgan fingerprint density at radius 1 is 0.970 bits per heavy atom. The lowest BCUT2D eigenvalue weighted by molar-refractivity contribution is -0.905. The van der Waals surface area contributed by atoms with Gasteiger partial charge in [0.15, 0.2) is 12.1 Å². The van der Waals surface area contributed by atoms with E-state index in [1.807, 2.05) is 60.7 Å². The highest BCUT2D eigenvalue weighted by Crippen LogP contribution is 2.43.